The summed E-state index contributed by atoms with van der Waals surface area (Å²) in [7, 11) is 0. The minimum atomic E-state index is -2.04. The molecule has 0 fully saturated rings. The number of benzene rings is 3. The quantitative estimate of drug-likeness (QED) is 0.350. The summed E-state index contributed by atoms with van der Waals surface area (Å²) >= 11 is 0. The topological polar surface area (TPSA) is 124 Å². The largest absolute Gasteiger partial charge is 0.303 e. The van der Waals surface area contributed by atoms with Crippen molar-refractivity contribution >= 4 is 23.2 Å². The van der Waals surface area contributed by atoms with Crippen LogP contribution in [0.5, 0.6) is 0 Å². The summed E-state index contributed by atoms with van der Waals surface area (Å²) < 4.78 is 0. The molecular formula is C24H13N3O6. The van der Waals surface area contributed by atoms with Crippen LogP contribution in [0.2, 0.25) is 0 Å². The molecule has 0 unspecified atom stereocenters. The number of hydrogen-bond acceptors (Lipinski definition) is 6. The van der Waals surface area contributed by atoms with Gasteiger partial charge in [0.2, 0.25) is 0 Å². The zero-order valence-corrected chi connectivity index (χ0v) is 16.8. The lowest BCUT2D eigenvalue weighted by Crippen LogP contribution is -2.49. The Balaban J connectivity index is 1.66. The van der Waals surface area contributed by atoms with Crippen LogP contribution in [-0.2, 0) is 15.1 Å². The molecule has 9 nitrogen and oxygen atoms in total. The average Bonchev–Trinajstić information content (AvgIpc) is 3.09. The maximum absolute atomic E-state index is 13.7. The lowest BCUT2D eigenvalue weighted by atomic mass is 9.57. The van der Waals surface area contributed by atoms with Gasteiger partial charge in [-0.3, -0.25) is 29.8 Å². The van der Waals surface area contributed by atoms with Crippen LogP contribution in [0.3, 0.4) is 0 Å². The number of non-ortho nitro benzene ring substituents is 1. The highest BCUT2D eigenvalue weighted by Gasteiger charge is 2.68. The molecule has 0 N–H and O–H groups in total. The van der Waals surface area contributed by atoms with Gasteiger partial charge in [0.15, 0.2) is 0 Å². The summed E-state index contributed by atoms with van der Waals surface area (Å²) in [4.78, 5) is 51.2. The number of nitro benzene ring substituents is 1. The molecule has 1 aliphatic heterocycles. The molecule has 0 spiro atoms. The molecule has 7 rings (SSSR count). The van der Waals surface area contributed by atoms with Gasteiger partial charge in [-0.2, -0.15) is 0 Å². The van der Waals surface area contributed by atoms with E-state index in [0.717, 1.165) is 11.0 Å². The molecule has 3 aromatic rings. The van der Waals surface area contributed by atoms with Crippen LogP contribution < -0.4 is 4.90 Å². The van der Waals surface area contributed by atoms with Crippen molar-refractivity contribution in [1.82, 2.24) is 0 Å². The van der Waals surface area contributed by atoms with Gasteiger partial charge in [-0.1, -0.05) is 54.6 Å². The smallest absolute Gasteiger partial charge is 0.269 e. The van der Waals surface area contributed by atoms with Crippen molar-refractivity contribution in [3.05, 3.63) is 126 Å². The van der Waals surface area contributed by atoms with Gasteiger partial charge < -0.3 is 0 Å². The first kappa shape index (κ1) is 19.1. The van der Waals surface area contributed by atoms with E-state index in [0.29, 0.717) is 22.3 Å². The standard InChI is InChI=1S/C24H13N3O6/c28-22-20-19-15-8-1-3-10-17(15)24(27(32)33,18-11-4-2-9-16(18)19)21(20)23(29)25(22)13-6-5-7-14(12-13)26(30)31/h1-12,19H. The highest BCUT2D eigenvalue weighted by molar-refractivity contribution is 6.35. The van der Waals surface area contributed by atoms with Gasteiger partial charge in [-0.25, -0.2) is 4.90 Å². The van der Waals surface area contributed by atoms with Gasteiger partial charge in [0.1, 0.15) is 5.57 Å². The molecule has 160 valence electrons. The summed E-state index contributed by atoms with van der Waals surface area (Å²) in [5.74, 6) is -2.17. The van der Waals surface area contributed by atoms with E-state index in [9.17, 15) is 29.8 Å². The summed E-state index contributed by atoms with van der Waals surface area (Å²) in [6, 6.07) is 18.7. The van der Waals surface area contributed by atoms with Crippen molar-refractivity contribution < 1.29 is 19.4 Å². The maximum atomic E-state index is 13.7. The second-order valence-electron chi connectivity index (χ2n) is 8.09. The van der Waals surface area contributed by atoms with Crippen LogP contribution in [0.15, 0.2) is 83.9 Å². The van der Waals surface area contributed by atoms with Crippen molar-refractivity contribution in [2.24, 2.45) is 0 Å². The Morgan fingerprint density at radius 2 is 1.39 bits per heavy atom. The van der Waals surface area contributed by atoms with Gasteiger partial charge in [0, 0.05) is 39.7 Å². The number of carbonyl (C=O) groups is 2. The summed E-state index contributed by atoms with van der Waals surface area (Å²) in [6.45, 7) is 0. The van der Waals surface area contributed by atoms with E-state index in [1.807, 2.05) is 0 Å². The minimum Gasteiger partial charge on any atom is -0.269 e. The van der Waals surface area contributed by atoms with Crippen LogP contribution in [0.25, 0.3) is 0 Å². The number of rotatable bonds is 3. The first-order chi connectivity index (χ1) is 15.9. The second-order valence-corrected chi connectivity index (χ2v) is 8.09. The Kier molecular flexibility index (Phi) is 3.58. The van der Waals surface area contributed by atoms with E-state index in [-0.39, 0.29) is 22.5 Å². The highest BCUT2D eigenvalue weighted by Crippen LogP contribution is 2.61. The zero-order valence-electron chi connectivity index (χ0n) is 16.8. The molecule has 0 aromatic heterocycles. The number of imide groups is 1. The average molecular weight is 439 g/mol. The third-order valence-electron chi connectivity index (χ3n) is 6.67. The molecule has 9 heteroatoms. The van der Waals surface area contributed by atoms with Crippen molar-refractivity contribution in [1.29, 1.82) is 0 Å². The van der Waals surface area contributed by atoms with E-state index in [2.05, 4.69) is 0 Å². The third-order valence-corrected chi connectivity index (χ3v) is 6.67. The predicted molar refractivity (Wildman–Crippen MR) is 115 cm³/mol. The Labute approximate surface area is 185 Å². The van der Waals surface area contributed by atoms with Crippen molar-refractivity contribution in [2.45, 2.75) is 11.5 Å². The SMILES string of the molecule is O=C1C2=C(C(=O)N1c1cccc([N+](=O)[O-])c1)C1([N+](=O)[O-])c3ccccc3C2c2ccccc21. The first-order valence-electron chi connectivity index (χ1n) is 10.1. The summed E-state index contributed by atoms with van der Waals surface area (Å²) in [5.41, 5.74) is -0.538. The fourth-order valence-corrected chi connectivity index (χ4v) is 5.48. The molecule has 1 heterocycles. The number of hydrogen-bond donors (Lipinski definition) is 0. The molecule has 0 saturated carbocycles. The Morgan fingerprint density at radius 3 is 1.97 bits per heavy atom. The van der Waals surface area contributed by atoms with Crippen LogP contribution >= 0.6 is 0 Å². The number of nitro groups is 2. The molecule has 0 radical (unpaired) electrons. The number of carbonyl (C=O) groups excluding carboxylic acids is 2. The van der Waals surface area contributed by atoms with Crippen molar-refractivity contribution in [3.8, 4) is 0 Å². The molecule has 0 atom stereocenters. The number of anilines is 1. The first-order valence-corrected chi connectivity index (χ1v) is 10.1. The Bertz CT molecular complexity index is 1440. The number of nitrogens with zero attached hydrogens (tertiary/aromatic N) is 3. The lowest BCUT2D eigenvalue weighted by molar-refractivity contribution is -0.554. The van der Waals surface area contributed by atoms with E-state index in [1.165, 1.54) is 18.2 Å². The minimum absolute atomic E-state index is 0.000361. The predicted octanol–water partition coefficient (Wildman–Crippen LogP) is 3.44. The van der Waals surface area contributed by atoms with Crippen LogP contribution in [0.1, 0.15) is 28.2 Å². The third kappa shape index (κ3) is 2.10. The Hall–Kier alpha value is -4.66. The molecular weight excluding hydrogens is 426 g/mol. The number of amides is 2. The van der Waals surface area contributed by atoms with Crippen LogP contribution in [0, 0.1) is 20.2 Å². The van der Waals surface area contributed by atoms with Gasteiger partial charge in [-0.15, -0.1) is 0 Å². The molecule has 0 saturated heterocycles. The van der Waals surface area contributed by atoms with Gasteiger partial charge in [0.25, 0.3) is 17.5 Å². The molecule has 3 aliphatic carbocycles. The van der Waals surface area contributed by atoms with E-state index >= 15 is 0 Å². The zero-order chi connectivity index (χ0) is 23.1. The normalized spacial score (nSPS) is 22.2. The van der Waals surface area contributed by atoms with Crippen LogP contribution in [0.4, 0.5) is 11.4 Å². The monoisotopic (exact) mass is 439 g/mol. The lowest BCUT2D eigenvalue weighted by Gasteiger charge is -2.42. The molecule has 2 amide bonds. The van der Waals surface area contributed by atoms with E-state index in [1.54, 1.807) is 48.5 Å². The van der Waals surface area contributed by atoms with Gasteiger partial charge >= 0.3 is 5.54 Å². The molecule has 33 heavy (non-hydrogen) atoms. The van der Waals surface area contributed by atoms with Crippen molar-refractivity contribution in [2.75, 3.05) is 4.90 Å². The van der Waals surface area contributed by atoms with Gasteiger partial charge in [-0.05, 0) is 17.2 Å². The van der Waals surface area contributed by atoms with Crippen molar-refractivity contribution in [3.63, 3.8) is 0 Å². The maximum Gasteiger partial charge on any atom is 0.303 e. The summed E-state index contributed by atoms with van der Waals surface area (Å²) in [6.07, 6.45) is 0. The second kappa shape index (κ2) is 6.19. The molecule has 3 aromatic carbocycles. The Morgan fingerprint density at radius 1 is 0.788 bits per heavy atom. The van der Waals surface area contributed by atoms with E-state index in [4.69, 9.17) is 0 Å². The molecule has 4 aliphatic rings. The van der Waals surface area contributed by atoms with Gasteiger partial charge in [0.05, 0.1) is 10.6 Å². The van der Waals surface area contributed by atoms with E-state index < -0.39 is 33.1 Å². The fraction of sp³-hybridized carbons (Fsp3) is 0.0833. The highest BCUT2D eigenvalue weighted by atomic mass is 16.6. The summed E-state index contributed by atoms with van der Waals surface area (Å²) in [5, 5.41) is 24.1. The van der Waals surface area contributed by atoms with Crippen LogP contribution in [-0.4, -0.2) is 21.7 Å². The molecule has 2 bridgehead atoms. The fourth-order valence-electron chi connectivity index (χ4n) is 5.48.